The number of aromatic nitrogens is 6. The van der Waals surface area contributed by atoms with Crippen molar-refractivity contribution in [2.75, 3.05) is 83.2 Å². The first-order chi connectivity index (χ1) is 24.4. The van der Waals surface area contributed by atoms with Crippen molar-refractivity contribution in [1.82, 2.24) is 44.1 Å². The minimum Gasteiger partial charge on any atom is -0.492 e. The van der Waals surface area contributed by atoms with E-state index < -0.39 is 5.54 Å². The molecule has 4 aromatic heterocycles. The second-order valence-corrected chi connectivity index (χ2v) is 13.1. The molecule has 2 N–H and O–H groups in total. The fraction of sp³-hybridized carbons (Fsp3) is 0.361. The summed E-state index contributed by atoms with van der Waals surface area (Å²) in [6, 6.07) is 21.5. The standard InChI is InChI=1S/C36H41N11O3/c1-36(26-7-4-3-5-8-26,47-33-29(25-38-47)32-39-31(30-9-6-23-50-30)41-46(32)35(37)40-33)34(48)45-20-18-44(19-21-45)27-10-12-28(13-11-27)49-24-22-43-16-14-42(2)15-17-43/h3-13,23,25H,14-22,24H2,1-2H3,(H2,37,40)/t36-/m0/s1. The molecule has 0 saturated carbocycles. The number of fused-ring (bicyclic) bond motifs is 3. The van der Waals surface area contributed by atoms with Crippen LogP contribution < -0.4 is 15.4 Å². The summed E-state index contributed by atoms with van der Waals surface area (Å²) in [5.74, 6) is 1.82. The molecule has 0 spiro atoms. The van der Waals surface area contributed by atoms with Crippen LogP contribution in [0, 0.1) is 0 Å². The van der Waals surface area contributed by atoms with Crippen molar-refractivity contribution in [1.29, 1.82) is 0 Å². The molecule has 6 heterocycles. The van der Waals surface area contributed by atoms with Crippen LogP contribution in [0.4, 0.5) is 11.6 Å². The third-order valence-corrected chi connectivity index (χ3v) is 9.99. The molecule has 2 aromatic carbocycles. The molecular weight excluding hydrogens is 634 g/mol. The van der Waals surface area contributed by atoms with Gasteiger partial charge in [-0.3, -0.25) is 9.69 Å². The monoisotopic (exact) mass is 675 g/mol. The molecule has 2 aliphatic rings. The van der Waals surface area contributed by atoms with Gasteiger partial charge in [-0.15, -0.1) is 5.10 Å². The Morgan fingerprint density at radius 1 is 0.900 bits per heavy atom. The minimum absolute atomic E-state index is 0.0737. The maximum Gasteiger partial charge on any atom is 0.255 e. The number of piperazine rings is 2. The van der Waals surface area contributed by atoms with Crippen LogP contribution >= 0.6 is 0 Å². The highest BCUT2D eigenvalue weighted by molar-refractivity contribution is 5.94. The summed E-state index contributed by atoms with van der Waals surface area (Å²) in [7, 11) is 2.17. The van der Waals surface area contributed by atoms with E-state index in [-0.39, 0.29) is 11.9 Å². The number of furan rings is 1. The van der Waals surface area contributed by atoms with Gasteiger partial charge in [0.2, 0.25) is 11.8 Å². The molecule has 2 aliphatic heterocycles. The number of nitrogen functional groups attached to an aromatic ring is 1. The number of carbonyl (C=O) groups excluding carboxylic acids is 1. The first-order valence-electron chi connectivity index (χ1n) is 17.1. The van der Waals surface area contributed by atoms with Crippen LogP contribution in [0.2, 0.25) is 0 Å². The zero-order chi connectivity index (χ0) is 34.2. The number of amides is 1. The summed E-state index contributed by atoms with van der Waals surface area (Å²) >= 11 is 0. The second kappa shape index (κ2) is 13.1. The highest BCUT2D eigenvalue weighted by Gasteiger charge is 2.43. The van der Waals surface area contributed by atoms with E-state index in [2.05, 4.69) is 39.0 Å². The van der Waals surface area contributed by atoms with Crippen LogP contribution in [0.25, 0.3) is 28.3 Å². The molecule has 258 valence electrons. The van der Waals surface area contributed by atoms with E-state index in [1.165, 1.54) is 4.52 Å². The van der Waals surface area contributed by atoms with E-state index in [1.54, 1.807) is 29.3 Å². The number of benzene rings is 2. The van der Waals surface area contributed by atoms with E-state index in [9.17, 15) is 4.79 Å². The average molecular weight is 676 g/mol. The number of nitrogens with two attached hydrogens (primary N) is 1. The van der Waals surface area contributed by atoms with Gasteiger partial charge in [0.1, 0.15) is 12.4 Å². The van der Waals surface area contributed by atoms with Crippen molar-refractivity contribution in [3.05, 3.63) is 84.8 Å². The minimum atomic E-state index is -1.21. The summed E-state index contributed by atoms with van der Waals surface area (Å²) in [5, 5.41) is 9.90. The summed E-state index contributed by atoms with van der Waals surface area (Å²) < 4.78 is 14.7. The summed E-state index contributed by atoms with van der Waals surface area (Å²) in [5.41, 5.74) is 8.03. The Morgan fingerprint density at radius 3 is 2.38 bits per heavy atom. The number of hydrogen-bond acceptors (Lipinski definition) is 11. The van der Waals surface area contributed by atoms with Gasteiger partial charge in [0.15, 0.2) is 22.6 Å². The van der Waals surface area contributed by atoms with Crippen molar-refractivity contribution in [2.45, 2.75) is 12.5 Å². The Bertz CT molecular complexity index is 2080. The summed E-state index contributed by atoms with van der Waals surface area (Å²) in [6.07, 6.45) is 3.24. The van der Waals surface area contributed by atoms with Gasteiger partial charge in [0.25, 0.3) is 5.91 Å². The number of nitrogens with zero attached hydrogens (tertiary/aromatic N) is 10. The quantitative estimate of drug-likeness (QED) is 0.242. The second-order valence-electron chi connectivity index (χ2n) is 13.1. The fourth-order valence-electron chi connectivity index (χ4n) is 6.94. The smallest absolute Gasteiger partial charge is 0.255 e. The Hall–Kier alpha value is -5.47. The van der Waals surface area contributed by atoms with Gasteiger partial charge < -0.3 is 29.6 Å². The molecule has 6 aromatic rings. The SMILES string of the molecule is CN1CCN(CCOc2ccc(N3CCN(C(=O)[C@](C)(c4ccccc4)n4ncc5c4nc(N)n4nc(-c6ccco6)nc54)CC3)cc2)CC1. The summed E-state index contributed by atoms with van der Waals surface area (Å²) in [4.78, 5) is 33.1. The molecule has 0 unspecified atom stereocenters. The predicted octanol–water partition coefficient (Wildman–Crippen LogP) is 3.05. The Kier molecular flexibility index (Phi) is 8.32. The number of likely N-dealkylation sites (N-methyl/N-ethyl adjacent to an activating group) is 1. The normalized spacial score (nSPS) is 17.4. The van der Waals surface area contributed by atoms with E-state index in [0.717, 1.165) is 49.7 Å². The molecule has 8 rings (SSSR count). The highest BCUT2D eigenvalue weighted by atomic mass is 16.5. The Labute approximate surface area is 289 Å². The maximum atomic E-state index is 14.7. The molecule has 14 nitrogen and oxygen atoms in total. The molecule has 0 radical (unpaired) electrons. The molecule has 2 saturated heterocycles. The van der Waals surface area contributed by atoms with Crippen molar-refractivity contribution < 1.29 is 13.9 Å². The zero-order valence-electron chi connectivity index (χ0n) is 28.4. The Balaban J connectivity index is 0.997. The first kappa shape index (κ1) is 31.8. The molecule has 0 aliphatic carbocycles. The fourth-order valence-corrected chi connectivity index (χ4v) is 6.94. The molecule has 1 atom stereocenters. The number of rotatable bonds is 9. The maximum absolute atomic E-state index is 14.7. The van der Waals surface area contributed by atoms with Gasteiger partial charge in [-0.25, -0.2) is 9.67 Å². The third kappa shape index (κ3) is 5.79. The van der Waals surface area contributed by atoms with E-state index >= 15 is 0 Å². The molecule has 1 amide bonds. The predicted molar refractivity (Wildman–Crippen MR) is 190 cm³/mol. The number of ether oxygens (including phenoxy) is 1. The van der Waals surface area contributed by atoms with Crippen LogP contribution in [0.3, 0.4) is 0 Å². The molecule has 2 fully saturated rings. The lowest BCUT2D eigenvalue weighted by Gasteiger charge is -2.40. The van der Waals surface area contributed by atoms with Crippen molar-refractivity contribution in [3.63, 3.8) is 0 Å². The van der Waals surface area contributed by atoms with Crippen molar-refractivity contribution in [3.8, 4) is 17.3 Å². The van der Waals surface area contributed by atoms with Gasteiger partial charge in [-0.2, -0.15) is 14.6 Å². The lowest BCUT2D eigenvalue weighted by atomic mass is 9.90. The Morgan fingerprint density at radius 2 is 1.66 bits per heavy atom. The van der Waals surface area contributed by atoms with E-state index in [1.807, 2.05) is 54.3 Å². The third-order valence-electron chi connectivity index (χ3n) is 9.99. The number of hydrogen-bond donors (Lipinski definition) is 1. The lowest BCUT2D eigenvalue weighted by molar-refractivity contribution is -0.138. The van der Waals surface area contributed by atoms with Crippen molar-refractivity contribution >= 4 is 34.2 Å². The van der Waals surface area contributed by atoms with Crippen LogP contribution in [-0.4, -0.2) is 123 Å². The van der Waals surface area contributed by atoms with Crippen LogP contribution in [-0.2, 0) is 10.3 Å². The number of carbonyl (C=O) groups is 1. The van der Waals surface area contributed by atoms with E-state index in [4.69, 9.17) is 30.0 Å². The lowest BCUT2D eigenvalue weighted by Crippen LogP contribution is -2.56. The molecule has 50 heavy (non-hydrogen) atoms. The van der Waals surface area contributed by atoms with Gasteiger partial charge in [-0.05, 0) is 55.9 Å². The van der Waals surface area contributed by atoms with Crippen LogP contribution in [0.15, 0.2) is 83.6 Å². The van der Waals surface area contributed by atoms with Crippen molar-refractivity contribution in [2.24, 2.45) is 0 Å². The van der Waals surface area contributed by atoms with Gasteiger partial charge in [0.05, 0.1) is 17.8 Å². The van der Waals surface area contributed by atoms with Gasteiger partial charge in [0, 0.05) is 64.6 Å². The zero-order valence-corrected chi connectivity index (χ0v) is 28.4. The van der Waals surface area contributed by atoms with Crippen LogP contribution in [0.5, 0.6) is 5.75 Å². The van der Waals surface area contributed by atoms with Gasteiger partial charge in [-0.1, -0.05) is 30.3 Å². The highest BCUT2D eigenvalue weighted by Crippen LogP contribution is 2.34. The molecule has 0 bridgehead atoms. The van der Waals surface area contributed by atoms with Gasteiger partial charge >= 0.3 is 0 Å². The van der Waals surface area contributed by atoms with E-state index in [0.29, 0.717) is 61.1 Å². The molecule has 14 heteroatoms. The first-order valence-corrected chi connectivity index (χ1v) is 17.1. The largest absolute Gasteiger partial charge is 0.492 e. The topological polar surface area (TPSA) is 139 Å². The molecular formula is C36H41N11O3. The van der Waals surface area contributed by atoms with Crippen LogP contribution in [0.1, 0.15) is 12.5 Å². The average Bonchev–Trinajstić information content (AvgIpc) is 3.94. The summed E-state index contributed by atoms with van der Waals surface area (Å²) in [6.45, 7) is 10.4. The number of anilines is 2.